The number of halogens is 2. The number of alkyl halides is 1. The van der Waals surface area contributed by atoms with Gasteiger partial charge in [0.15, 0.2) is 0 Å². The molecule has 0 aromatic carbocycles. The number of rotatable bonds is 4. The van der Waals surface area contributed by atoms with E-state index >= 15 is 0 Å². The molecule has 0 spiro atoms. The second-order valence-electron chi connectivity index (χ2n) is 4.85. The van der Waals surface area contributed by atoms with Crippen LogP contribution in [0.15, 0.2) is 0 Å². The van der Waals surface area contributed by atoms with Crippen molar-refractivity contribution in [2.75, 3.05) is 13.1 Å². The van der Waals surface area contributed by atoms with Gasteiger partial charge in [-0.05, 0) is 32.7 Å². The van der Waals surface area contributed by atoms with Gasteiger partial charge in [-0.3, -0.25) is 9.58 Å². The van der Waals surface area contributed by atoms with Crippen LogP contribution in [0.3, 0.4) is 0 Å². The van der Waals surface area contributed by atoms with E-state index < -0.39 is 0 Å². The summed E-state index contributed by atoms with van der Waals surface area (Å²) in [5.74, 6) is 0. The Bertz CT molecular complexity index is 403. The van der Waals surface area contributed by atoms with Crippen LogP contribution in [0.5, 0.6) is 0 Å². The van der Waals surface area contributed by atoms with Crippen molar-refractivity contribution in [3.63, 3.8) is 0 Å². The maximum Gasteiger partial charge on any atom is 0.0863 e. The van der Waals surface area contributed by atoms with Gasteiger partial charge in [0, 0.05) is 25.0 Å². The highest BCUT2D eigenvalue weighted by Gasteiger charge is 2.21. The van der Waals surface area contributed by atoms with Crippen LogP contribution in [0.1, 0.15) is 38.1 Å². The van der Waals surface area contributed by atoms with Gasteiger partial charge in [-0.1, -0.05) is 18.5 Å². The maximum atomic E-state index is 6.42. The molecule has 1 atom stereocenters. The molecule has 1 aliphatic rings. The van der Waals surface area contributed by atoms with Crippen molar-refractivity contribution in [2.45, 2.75) is 51.6 Å². The van der Waals surface area contributed by atoms with Crippen molar-refractivity contribution >= 4 is 23.2 Å². The Morgan fingerprint density at radius 2 is 2.17 bits per heavy atom. The van der Waals surface area contributed by atoms with Crippen LogP contribution in [0.2, 0.25) is 5.02 Å². The third-order valence-corrected chi connectivity index (χ3v) is 4.31. The number of piperidine rings is 1. The van der Waals surface area contributed by atoms with Crippen molar-refractivity contribution in [3.8, 4) is 0 Å². The molecule has 0 bridgehead atoms. The van der Waals surface area contributed by atoms with E-state index in [1.807, 2.05) is 4.68 Å². The molecule has 0 radical (unpaired) electrons. The fourth-order valence-electron chi connectivity index (χ4n) is 2.52. The summed E-state index contributed by atoms with van der Waals surface area (Å²) < 4.78 is 2.03. The number of hydrogen-bond donors (Lipinski definition) is 0. The molecule has 0 amide bonds. The van der Waals surface area contributed by atoms with Gasteiger partial charge in [-0.15, -0.1) is 11.6 Å². The summed E-state index contributed by atoms with van der Waals surface area (Å²) in [6, 6.07) is 0. The van der Waals surface area contributed by atoms with Crippen molar-refractivity contribution in [3.05, 3.63) is 16.4 Å². The number of hydrogen-bond acceptors (Lipinski definition) is 2. The number of nitrogens with zero attached hydrogens (tertiary/aromatic N) is 3. The second kappa shape index (κ2) is 6.27. The van der Waals surface area contributed by atoms with Crippen LogP contribution in [0.4, 0.5) is 0 Å². The summed E-state index contributed by atoms with van der Waals surface area (Å²) in [5, 5.41) is 5.68. The molecule has 3 nitrogen and oxygen atoms in total. The Morgan fingerprint density at radius 3 is 2.78 bits per heavy atom. The normalized spacial score (nSPS) is 21.4. The van der Waals surface area contributed by atoms with E-state index in [2.05, 4.69) is 23.8 Å². The number of aryl methyl sites for hydroxylation is 2. The molecular formula is C13H21Cl2N3. The van der Waals surface area contributed by atoms with Gasteiger partial charge in [0.05, 0.1) is 16.4 Å². The zero-order valence-electron chi connectivity index (χ0n) is 11.1. The molecule has 2 heterocycles. The molecule has 5 heteroatoms. The summed E-state index contributed by atoms with van der Waals surface area (Å²) in [6.45, 7) is 7.99. The highest BCUT2D eigenvalue weighted by atomic mass is 35.5. The standard InChI is InChI=1S/C13H21Cl2N3/c1-3-11-13(15)12(18(4-2)16-11)9-17-7-5-6-10(14)8-17/h10H,3-9H2,1-2H3. The summed E-state index contributed by atoms with van der Waals surface area (Å²) >= 11 is 12.6. The topological polar surface area (TPSA) is 21.1 Å². The van der Waals surface area contributed by atoms with Gasteiger partial charge in [-0.2, -0.15) is 5.10 Å². The zero-order chi connectivity index (χ0) is 13.1. The predicted molar refractivity (Wildman–Crippen MR) is 76.4 cm³/mol. The molecule has 1 aromatic heterocycles. The minimum Gasteiger partial charge on any atom is -0.296 e. The zero-order valence-corrected chi connectivity index (χ0v) is 12.6. The minimum absolute atomic E-state index is 0.279. The van der Waals surface area contributed by atoms with E-state index in [-0.39, 0.29) is 5.38 Å². The fraction of sp³-hybridized carbons (Fsp3) is 0.769. The molecule has 1 aromatic rings. The third kappa shape index (κ3) is 3.01. The lowest BCUT2D eigenvalue weighted by atomic mass is 10.1. The maximum absolute atomic E-state index is 6.42. The average Bonchev–Trinajstić information content (AvgIpc) is 2.66. The Labute approximate surface area is 119 Å². The van der Waals surface area contributed by atoms with E-state index in [1.165, 1.54) is 6.42 Å². The SMILES string of the molecule is CCc1nn(CC)c(CN2CCCC(Cl)C2)c1Cl. The first-order valence-electron chi connectivity index (χ1n) is 6.76. The number of aromatic nitrogens is 2. The molecule has 1 saturated heterocycles. The average molecular weight is 290 g/mol. The van der Waals surface area contributed by atoms with Gasteiger partial charge in [0.2, 0.25) is 0 Å². The Hall–Kier alpha value is -0.250. The monoisotopic (exact) mass is 289 g/mol. The molecular weight excluding hydrogens is 269 g/mol. The first-order chi connectivity index (χ1) is 8.65. The highest BCUT2D eigenvalue weighted by Crippen LogP contribution is 2.25. The molecule has 1 unspecified atom stereocenters. The smallest absolute Gasteiger partial charge is 0.0863 e. The summed E-state index contributed by atoms with van der Waals surface area (Å²) in [5.41, 5.74) is 2.15. The molecule has 0 N–H and O–H groups in total. The van der Waals surface area contributed by atoms with Crippen LogP contribution in [0, 0.1) is 0 Å². The van der Waals surface area contributed by atoms with E-state index in [4.69, 9.17) is 23.2 Å². The lowest BCUT2D eigenvalue weighted by molar-refractivity contribution is 0.218. The van der Waals surface area contributed by atoms with E-state index in [0.717, 1.165) is 55.4 Å². The first kappa shape index (κ1) is 14.2. The van der Waals surface area contributed by atoms with Gasteiger partial charge in [0.1, 0.15) is 0 Å². The summed E-state index contributed by atoms with van der Waals surface area (Å²) in [6.07, 6.45) is 3.18. The molecule has 0 aliphatic carbocycles. The Kier molecular flexibility index (Phi) is 4.93. The molecule has 2 rings (SSSR count). The Morgan fingerprint density at radius 1 is 1.39 bits per heavy atom. The van der Waals surface area contributed by atoms with Crippen LogP contribution in [-0.2, 0) is 19.5 Å². The van der Waals surface area contributed by atoms with Crippen LogP contribution in [-0.4, -0.2) is 33.1 Å². The molecule has 0 saturated carbocycles. The molecule has 1 aliphatic heterocycles. The van der Waals surface area contributed by atoms with Gasteiger partial charge in [-0.25, -0.2) is 0 Å². The van der Waals surface area contributed by atoms with Crippen molar-refractivity contribution < 1.29 is 0 Å². The quantitative estimate of drug-likeness (QED) is 0.793. The molecule has 18 heavy (non-hydrogen) atoms. The summed E-state index contributed by atoms with van der Waals surface area (Å²) in [4.78, 5) is 2.38. The van der Waals surface area contributed by atoms with Gasteiger partial charge in [0.25, 0.3) is 0 Å². The molecule has 102 valence electrons. The van der Waals surface area contributed by atoms with Crippen LogP contribution >= 0.6 is 23.2 Å². The fourth-order valence-corrected chi connectivity index (χ4v) is 3.20. The van der Waals surface area contributed by atoms with Gasteiger partial charge >= 0.3 is 0 Å². The predicted octanol–water partition coefficient (Wildman–Crippen LogP) is 3.32. The first-order valence-corrected chi connectivity index (χ1v) is 7.57. The largest absolute Gasteiger partial charge is 0.296 e. The van der Waals surface area contributed by atoms with E-state index in [9.17, 15) is 0 Å². The van der Waals surface area contributed by atoms with Crippen LogP contribution < -0.4 is 0 Å². The van der Waals surface area contributed by atoms with Crippen molar-refractivity contribution in [2.24, 2.45) is 0 Å². The summed E-state index contributed by atoms with van der Waals surface area (Å²) in [7, 11) is 0. The number of likely N-dealkylation sites (tertiary alicyclic amines) is 1. The van der Waals surface area contributed by atoms with Gasteiger partial charge < -0.3 is 0 Å². The highest BCUT2D eigenvalue weighted by molar-refractivity contribution is 6.31. The van der Waals surface area contributed by atoms with Crippen LogP contribution in [0.25, 0.3) is 0 Å². The third-order valence-electron chi connectivity index (χ3n) is 3.52. The van der Waals surface area contributed by atoms with E-state index in [1.54, 1.807) is 0 Å². The molecule has 1 fully saturated rings. The lowest BCUT2D eigenvalue weighted by Gasteiger charge is -2.29. The minimum atomic E-state index is 0.279. The van der Waals surface area contributed by atoms with Crippen molar-refractivity contribution in [1.29, 1.82) is 0 Å². The van der Waals surface area contributed by atoms with E-state index in [0.29, 0.717) is 0 Å². The lowest BCUT2D eigenvalue weighted by Crippen LogP contribution is -2.36. The van der Waals surface area contributed by atoms with Crippen molar-refractivity contribution in [1.82, 2.24) is 14.7 Å². The Balaban J connectivity index is 2.14. The second-order valence-corrected chi connectivity index (χ2v) is 5.85.